The highest BCUT2D eigenvalue weighted by atomic mass is 15.2. The van der Waals surface area contributed by atoms with Gasteiger partial charge < -0.3 is 15.1 Å². The summed E-state index contributed by atoms with van der Waals surface area (Å²) in [6.07, 6.45) is 14.0. The molecule has 0 unspecified atom stereocenters. The third kappa shape index (κ3) is 6.87. The molecule has 0 amide bonds. The average molecular weight is 332 g/mol. The molecule has 2 heterocycles. The van der Waals surface area contributed by atoms with Gasteiger partial charge in [-0.25, -0.2) is 4.98 Å². The normalized spacial score (nSPS) is 15.9. The van der Waals surface area contributed by atoms with Crippen molar-refractivity contribution < 1.29 is 0 Å². The Balaban J connectivity index is 1.75. The van der Waals surface area contributed by atoms with E-state index in [9.17, 15) is 0 Å². The van der Waals surface area contributed by atoms with Crippen LogP contribution in [-0.2, 0) is 0 Å². The fraction of sp³-hybridized carbons (Fsp3) is 0.684. The van der Waals surface area contributed by atoms with Gasteiger partial charge in [0.1, 0.15) is 5.82 Å². The van der Waals surface area contributed by atoms with Crippen LogP contribution in [0.15, 0.2) is 24.4 Å². The second-order valence-corrected chi connectivity index (χ2v) is 6.59. The number of unbranched alkanes of at least 4 members (excludes halogenated alkanes) is 1. The first-order chi connectivity index (χ1) is 11.8. The van der Waals surface area contributed by atoms with Crippen molar-refractivity contribution in [1.82, 2.24) is 14.9 Å². The second kappa shape index (κ2) is 11.0. The predicted octanol–water partition coefficient (Wildman–Crippen LogP) is 3.56. The van der Waals surface area contributed by atoms with E-state index >= 15 is 0 Å². The molecule has 1 aliphatic heterocycles. The number of hydrogen-bond donors (Lipinski definition) is 1. The van der Waals surface area contributed by atoms with Crippen LogP contribution >= 0.6 is 0 Å². The lowest BCUT2D eigenvalue weighted by Crippen LogP contribution is -2.27. The Bertz CT molecular complexity index is 480. The molecule has 1 saturated heterocycles. The number of hydrogen-bond acceptors (Lipinski definition) is 5. The molecule has 5 nitrogen and oxygen atoms in total. The summed E-state index contributed by atoms with van der Waals surface area (Å²) >= 11 is 0. The lowest BCUT2D eigenvalue weighted by molar-refractivity contribution is 0.384. The number of allylic oxidation sites excluding steroid dienone is 1. The maximum absolute atomic E-state index is 4.69. The van der Waals surface area contributed by atoms with Crippen LogP contribution < -0.4 is 10.2 Å². The molecule has 1 N–H and O–H groups in total. The highest BCUT2D eigenvalue weighted by Crippen LogP contribution is 2.17. The van der Waals surface area contributed by atoms with Gasteiger partial charge in [-0.2, -0.15) is 4.98 Å². The average Bonchev–Trinajstić information content (AvgIpc) is 2.88. The number of rotatable bonds is 9. The molecule has 134 valence electrons. The lowest BCUT2D eigenvalue weighted by atomic mass is 10.2. The molecule has 0 aliphatic carbocycles. The summed E-state index contributed by atoms with van der Waals surface area (Å²) in [6.45, 7) is 7.27. The first-order valence-corrected chi connectivity index (χ1v) is 9.45. The van der Waals surface area contributed by atoms with E-state index in [0.29, 0.717) is 0 Å². The molecule has 1 aliphatic rings. The molecule has 5 heteroatoms. The van der Waals surface area contributed by atoms with Crippen molar-refractivity contribution in [3.05, 3.63) is 24.4 Å². The molecule has 24 heavy (non-hydrogen) atoms. The predicted molar refractivity (Wildman–Crippen MR) is 103 cm³/mol. The van der Waals surface area contributed by atoms with Crippen LogP contribution in [0.4, 0.5) is 11.8 Å². The molecular weight excluding hydrogens is 298 g/mol. The fourth-order valence-electron chi connectivity index (χ4n) is 2.90. The van der Waals surface area contributed by atoms with Crippen molar-refractivity contribution in [3.8, 4) is 0 Å². The zero-order valence-electron chi connectivity index (χ0n) is 15.4. The first-order valence-electron chi connectivity index (χ1n) is 9.45. The molecule has 0 saturated carbocycles. The molecule has 0 radical (unpaired) electrons. The second-order valence-electron chi connectivity index (χ2n) is 6.59. The van der Waals surface area contributed by atoms with E-state index < -0.39 is 0 Å². The number of aromatic nitrogens is 2. The number of nitrogens with zero attached hydrogens (tertiary/aromatic N) is 4. The Morgan fingerprint density at radius 1 is 1.21 bits per heavy atom. The standard InChI is InChI=1S/C19H33N5/c1-3-4-5-8-14-23(2)17-13-21-19-20-12-11-18(22-19)24-15-9-6-7-10-16-24/h5,8,11-12H,3-4,6-7,9-10,13-17H2,1-2H3,(H,20,21,22)/b8-5+. The van der Waals surface area contributed by atoms with Crippen molar-refractivity contribution >= 4 is 11.8 Å². The Kier molecular flexibility index (Phi) is 8.60. The zero-order valence-corrected chi connectivity index (χ0v) is 15.4. The van der Waals surface area contributed by atoms with Gasteiger partial charge in [-0.3, -0.25) is 0 Å². The van der Waals surface area contributed by atoms with E-state index in [1.165, 1.54) is 38.5 Å². The molecular formula is C19H33N5. The topological polar surface area (TPSA) is 44.3 Å². The highest BCUT2D eigenvalue weighted by molar-refractivity contribution is 5.42. The minimum Gasteiger partial charge on any atom is -0.356 e. The smallest absolute Gasteiger partial charge is 0.224 e. The summed E-state index contributed by atoms with van der Waals surface area (Å²) in [5, 5.41) is 3.36. The van der Waals surface area contributed by atoms with Crippen LogP contribution in [0.2, 0.25) is 0 Å². The number of likely N-dealkylation sites (N-methyl/N-ethyl adjacent to an activating group) is 1. The van der Waals surface area contributed by atoms with Gasteiger partial charge in [0, 0.05) is 38.9 Å². The van der Waals surface area contributed by atoms with Gasteiger partial charge >= 0.3 is 0 Å². The summed E-state index contributed by atoms with van der Waals surface area (Å²) in [7, 11) is 2.15. The maximum atomic E-state index is 4.69. The molecule has 1 aromatic rings. The summed E-state index contributed by atoms with van der Waals surface area (Å²) in [6, 6.07) is 2.03. The first kappa shape index (κ1) is 18.7. The number of nitrogens with one attached hydrogen (secondary N) is 1. The van der Waals surface area contributed by atoms with Crippen molar-refractivity contribution in [2.24, 2.45) is 0 Å². The minimum atomic E-state index is 0.742. The van der Waals surface area contributed by atoms with Gasteiger partial charge in [0.15, 0.2) is 0 Å². The molecule has 2 rings (SSSR count). The third-order valence-electron chi connectivity index (χ3n) is 4.39. The van der Waals surface area contributed by atoms with E-state index in [-0.39, 0.29) is 0 Å². The molecule has 0 bridgehead atoms. The molecule has 1 aromatic heterocycles. The summed E-state index contributed by atoms with van der Waals surface area (Å²) in [5.74, 6) is 1.80. The van der Waals surface area contributed by atoms with Crippen molar-refractivity contribution in [2.45, 2.75) is 45.4 Å². The Morgan fingerprint density at radius 3 is 2.75 bits per heavy atom. The summed E-state index contributed by atoms with van der Waals surface area (Å²) in [4.78, 5) is 13.7. The van der Waals surface area contributed by atoms with E-state index in [2.05, 4.69) is 46.2 Å². The number of anilines is 2. The van der Waals surface area contributed by atoms with Gasteiger partial charge in [-0.15, -0.1) is 0 Å². The summed E-state index contributed by atoms with van der Waals surface area (Å²) < 4.78 is 0. The van der Waals surface area contributed by atoms with E-state index in [1.54, 1.807) is 0 Å². The van der Waals surface area contributed by atoms with Crippen molar-refractivity contribution in [3.63, 3.8) is 0 Å². The quantitative estimate of drug-likeness (QED) is 0.701. The fourth-order valence-corrected chi connectivity index (χ4v) is 2.90. The van der Waals surface area contributed by atoms with Crippen molar-refractivity contribution in [2.75, 3.05) is 50.0 Å². The summed E-state index contributed by atoms with van der Waals surface area (Å²) in [5.41, 5.74) is 0. The molecule has 0 aromatic carbocycles. The molecule has 0 atom stereocenters. The zero-order chi connectivity index (χ0) is 17.0. The van der Waals surface area contributed by atoms with Crippen LogP contribution in [-0.4, -0.2) is 54.6 Å². The highest BCUT2D eigenvalue weighted by Gasteiger charge is 2.11. The molecule has 1 fully saturated rings. The van der Waals surface area contributed by atoms with Gasteiger partial charge in [0.2, 0.25) is 5.95 Å². The van der Waals surface area contributed by atoms with E-state index in [4.69, 9.17) is 4.98 Å². The van der Waals surface area contributed by atoms with Crippen LogP contribution in [0.5, 0.6) is 0 Å². The van der Waals surface area contributed by atoms with Crippen LogP contribution in [0.3, 0.4) is 0 Å². The van der Waals surface area contributed by atoms with Gasteiger partial charge in [0.25, 0.3) is 0 Å². The third-order valence-corrected chi connectivity index (χ3v) is 4.39. The Hall–Kier alpha value is -1.62. The van der Waals surface area contributed by atoms with Crippen LogP contribution in [0.1, 0.15) is 45.4 Å². The van der Waals surface area contributed by atoms with Gasteiger partial charge in [-0.05, 0) is 32.4 Å². The van der Waals surface area contributed by atoms with Gasteiger partial charge in [0.05, 0.1) is 0 Å². The van der Waals surface area contributed by atoms with Crippen LogP contribution in [0.25, 0.3) is 0 Å². The van der Waals surface area contributed by atoms with Gasteiger partial charge in [-0.1, -0.05) is 38.3 Å². The SMILES string of the molecule is CCC/C=C/CN(C)CCNc1nccc(N2CCCCCC2)n1. The van der Waals surface area contributed by atoms with E-state index in [0.717, 1.165) is 44.5 Å². The maximum Gasteiger partial charge on any atom is 0.224 e. The Morgan fingerprint density at radius 2 is 2.00 bits per heavy atom. The van der Waals surface area contributed by atoms with Crippen LogP contribution in [0, 0.1) is 0 Å². The lowest BCUT2D eigenvalue weighted by Gasteiger charge is -2.21. The monoisotopic (exact) mass is 331 g/mol. The molecule has 0 spiro atoms. The largest absolute Gasteiger partial charge is 0.356 e. The Labute approximate surface area is 147 Å². The van der Waals surface area contributed by atoms with Crippen molar-refractivity contribution in [1.29, 1.82) is 0 Å². The van der Waals surface area contributed by atoms with E-state index in [1.807, 2.05) is 12.3 Å². The minimum absolute atomic E-state index is 0.742.